The molecule has 0 unspecified atom stereocenters. The normalized spacial score (nSPS) is 15.4. The summed E-state index contributed by atoms with van der Waals surface area (Å²) < 4.78 is 57.3. The van der Waals surface area contributed by atoms with Crippen LogP contribution in [0, 0.1) is 18.6 Å². The molecule has 33 heavy (non-hydrogen) atoms. The number of thiol groups is 1. The number of fused-ring (bicyclic) bond motifs is 1. The summed E-state index contributed by atoms with van der Waals surface area (Å²) in [6.07, 6.45) is 3.55. The Morgan fingerprint density at radius 2 is 2.03 bits per heavy atom. The molecule has 0 aliphatic carbocycles. The van der Waals surface area contributed by atoms with Gasteiger partial charge in [-0.05, 0) is 38.0 Å². The topological polar surface area (TPSA) is 97.2 Å². The minimum absolute atomic E-state index is 0.0748. The van der Waals surface area contributed by atoms with Gasteiger partial charge < -0.3 is 9.88 Å². The van der Waals surface area contributed by atoms with Gasteiger partial charge in [0.1, 0.15) is 11.5 Å². The highest BCUT2D eigenvalue weighted by atomic mass is 35.5. The van der Waals surface area contributed by atoms with Gasteiger partial charge in [-0.3, -0.25) is 9.78 Å². The highest BCUT2D eigenvalue weighted by Gasteiger charge is 2.31. The molecular weight excluding hydrogens is 476 g/mol. The summed E-state index contributed by atoms with van der Waals surface area (Å²) in [5.41, 5.74) is 0.814. The maximum Gasteiger partial charge on any atom is 0.271 e. The molecule has 3 heterocycles. The molecule has 2 aromatic heterocycles. The second kappa shape index (κ2) is 9.06. The van der Waals surface area contributed by atoms with E-state index in [1.165, 1.54) is 25.6 Å². The van der Waals surface area contributed by atoms with Crippen molar-refractivity contribution in [3.05, 3.63) is 70.0 Å². The summed E-state index contributed by atoms with van der Waals surface area (Å²) in [6, 6.07) is 3.48. The minimum atomic E-state index is -3.34. The fourth-order valence-electron chi connectivity index (χ4n) is 4.12. The molecule has 1 aromatic carbocycles. The van der Waals surface area contributed by atoms with Crippen LogP contribution in [0.2, 0.25) is 5.02 Å². The average molecular weight is 496 g/mol. The lowest BCUT2D eigenvalue weighted by Gasteiger charge is -2.27. The SMILES string of the molecule is CNC(=O)c1ncn2c1CC[C@@H](c1c(F)ccc(N(c3cc(Cl)cnc3C)[SH](=O)=O)c1F)C2. The number of pyridine rings is 1. The third-order valence-electron chi connectivity index (χ3n) is 5.70. The fourth-order valence-corrected chi connectivity index (χ4v) is 4.98. The molecule has 8 nitrogen and oxygen atoms in total. The number of imidazole rings is 1. The lowest BCUT2D eigenvalue weighted by Crippen LogP contribution is -2.25. The van der Waals surface area contributed by atoms with E-state index in [1.807, 2.05) is 0 Å². The molecule has 0 fully saturated rings. The third-order valence-corrected chi connectivity index (χ3v) is 6.66. The Morgan fingerprint density at radius 1 is 1.27 bits per heavy atom. The number of hydrogen-bond acceptors (Lipinski definition) is 5. The number of anilines is 2. The largest absolute Gasteiger partial charge is 0.354 e. The number of nitrogens with zero attached hydrogens (tertiary/aromatic N) is 4. The minimum Gasteiger partial charge on any atom is -0.354 e. The molecular formula is C21H20ClF2N5O3S. The van der Waals surface area contributed by atoms with Crippen molar-refractivity contribution in [1.29, 1.82) is 0 Å². The Kier molecular flexibility index (Phi) is 6.35. The van der Waals surface area contributed by atoms with E-state index in [2.05, 4.69) is 15.3 Å². The van der Waals surface area contributed by atoms with Gasteiger partial charge in [0.25, 0.3) is 5.91 Å². The first-order chi connectivity index (χ1) is 15.7. The molecule has 0 radical (unpaired) electrons. The zero-order valence-corrected chi connectivity index (χ0v) is 19.3. The van der Waals surface area contributed by atoms with Crippen LogP contribution in [-0.2, 0) is 23.9 Å². The van der Waals surface area contributed by atoms with Crippen molar-refractivity contribution in [2.45, 2.75) is 32.2 Å². The Labute approximate surface area is 195 Å². The highest BCUT2D eigenvalue weighted by molar-refractivity contribution is 7.74. The maximum absolute atomic E-state index is 15.7. The van der Waals surface area contributed by atoms with Gasteiger partial charge in [0, 0.05) is 31.3 Å². The van der Waals surface area contributed by atoms with Crippen LogP contribution in [0.3, 0.4) is 0 Å². The van der Waals surface area contributed by atoms with Crippen molar-refractivity contribution < 1.29 is 22.0 Å². The summed E-state index contributed by atoms with van der Waals surface area (Å²) in [5, 5.41) is 2.69. The monoisotopic (exact) mass is 495 g/mol. The average Bonchev–Trinajstić information content (AvgIpc) is 3.20. The van der Waals surface area contributed by atoms with Crippen LogP contribution in [0.5, 0.6) is 0 Å². The van der Waals surface area contributed by atoms with Crippen molar-refractivity contribution in [2.24, 2.45) is 0 Å². The summed E-state index contributed by atoms with van der Waals surface area (Å²) in [4.78, 5) is 20.2. The smallest absolute Gasteiger partial charge is 0.271 e. The molecule has 12 heteroatoms. The molecule has 0 saturated heterocycles. The van der Waals surface area contributed by atoms with E-state index in [1.54, 1.807) is 11.5 Å². The molecule has 1 N–H and O–H groups in total. The predicted octanol–water partition coefficient (Wildman–Crippen LogP) is 3.27. The lowest BCUT2D eigenvalue weighted by molar-refractivity contribution is 0.0957. The first-order valence-electron chi connectivity index (χ1n) is 10.0. The molecule has 1 aliphatic rings. The van der Waals surface area contributed by atoms with Gasteiger partial charge in [-0.15, -0.1) is 0 Å². The molecule has 174 valence electrons. The molecule has 3 aromatic rings. The van der Waals surface area contributed by atoms with Crippen LogP contribution < -0.4 is 9.62 Å². The number of carbonyl (C=O) groups is 1. The number of hydrogen-bond donors (Lipinski definition) is 2. The summed E-state index contributed by atoms with van der Waals surface area (Å²) in [5.74, 6) is -2.68. The van der Waals surface area contributed by atoms with Crippen molar-refractivity contribution in [3.8, 4) is 0 Å². The summed E-state index contributed by atoms with van der Waals surface area (Å²) >= 11 is 5.98. The van der Waals surface area contributed by atoms with Crippen LogP contribution in [0.4, 0.5) is 20.2 Å². The molecule has 0 bridgehead atoms. The zero-order valence-electron chi connectivity index (χ0n) is 17.7. The summed E-state index contributed by atoms with van der Waals surface area (Å²) in [6.45, 7) is 1.75. The molecule has 1 aliphatic heterocycles. The second-order valence-corrected chi connectivity index (χ2v) is 8.92. The molecule has 4 rings (SSSR count). The number of halogens is 3. The second-order valence-electron chi connectivity index (χ2n) is 7.61. The van der Waals surface area contributed by atoms with E-state index in [0.717, 1.165) is 16.4 Å². The van der Waals surface area contributed by atoms with Crippen molar-refractivity contribution in [2.75, 3.05) is 11.4 Å². The van der Waals surface area contributed by atoms with E-state index in [4.69, 9.17) is 11.6 Å². The first kappa shape index (κ1) is 23.1. The van der Waals surface area contributed by atoms with Crippen LogP contribution in [-0.4, -0.2) is 35.9 Å². The quantitative estimate of drug-likeness (QED) is 0.529. The molecule has 0 spiro atoms. The standard InChI is InChI=1S/C21H20ClF2N5O3S/c1-11-17(7-13(22)8-26-11)29(33(31)32)15-6-4-14(23)18(19(15)24)12-3-5-16-20(21(30)25-2)27-10-28(16)9-12/h4,6-8,10,12,33H,3,5,9H2,1-2H3,(H,25,30)/t12-/m1/s1. The van der Waals surface area contributed by atoms with E-state index in [0.29, 0.717) is 24.2 Å². The van der Waals surface area contributed by atoms with Gasteiger partial charge in [-0.25, -0.2) is 26.5 Å². The van der Waals surface area contributed by atoms with Gasteiger partial charge >= 0.3 is 0 Å². The first-order valence-corrected chi connectivity index (χ1v) is 11.5. The van der Waals surface area contributed by atoms with E-state index in [9.17, 15) is 17.6 Å². The number of aromatic nitrogens is 3. The number of carbonyl (C=O) groups excluding carboxylic acids is 1. The number of benzene rings is 1. The third kappa shape index (κ3) is 4.18. The Balaban J connectivity index is 1.77. The van der Waals surface area contributed by atoms with Gasteiger partial charge in [0.05, 0.1) is 34.1 Å². The predicted molar refractivity (Wildman–Crippen MR) is 119 cm³/mol. The van der Waals surface area contributed by atoms with Crippen molar-refractivity contribution in [1.82, 2.24) is 19.9 Å². The summed E-state index contributed by atoms with van der Waals surface area (Å²) in [7, 11) is -1.84. The van der Waals surface area contributed by atoms with E-state index < -0.39 is 28.4 Å². The number of rotatable bonds is 5. The van der Waals surface area contributed by atoms with Gasteiger partial charge in [-0.1, -0.05) is 11.6 Å². The number of nitrogens with one attached hydrogen (secondary N) is 1. The Morgan fingerprint density at radius 3 is 2.73 bits per heavy atom. The number of aryl methyl sites for hydroxylation is 1. The van der Waals surface area contributed by atoms with Crippen LogP contribution >= 0.6 is 11.6 Å². The van der Waals surface area contributed by atoms with Gasteiger partial charge in [0.2, 0.25) is 10.9 Å². The lowest BCUT2D eigenvalue weighted by atomic mass is 9.89. The van der Waals surface area contributed by atoms with E-state index >= 15 is 4.39 Å². The van der Waals surface area contributed by atoms with E-state index in [-0.39, 0.29) is 40.1 Å². The van der Waals surface area contributed by atoms with Crippen LogP contribution in [0.15, 0.2) is 30.7 Å². The van der Waals surface area contributed by atoms with Crippen LogP contribution in [0.1, 0.15) is 39.8 Å². The van der Waals surface area contributed by atoms with Gasteiger partial charge in [-0.2, -0.15) is 0 Å². The maximum atomic E-state index is 15.7. The zero-order chi connectivity index (χ0) is 23.9. The Bertz CT molecular complexity index is 1320. The van der Waals surface area contributed by atoms with Crippen molar-refractivity contribution in [3.63, 3.8) is 0 Å². The van der Waals surface area contributed by atoms with Gasteiger partial charge in [0.15, 0.2) is 5.82 Å². The molecule has 1 atom stereocenters. The van der Waals surface area contributed by atoms with Crippen molar-refractivity contribution >= 4 is 39.8 Å². The van der Waals surface area contributed by atoms with Crippen LogP contribution in [0.25, 0.3) is 0 Å². The Hall–Kier alpha value is -3.05. The molecule has 1 amide bonds. The number of amides is 1. The fraction of sp³-hybridized carbons (Fsp3) is 0.286. The highest BCUT2D eigenvalue weighted by Crippen LogP contribution is 2.39. The molecule has 0 saturated carbocycles.